The number of nitrogens with zero attached hydrogens (tertiary/aromatic N) is 3. The van der Waals surface area contributed by atoms with Crippen LogP contribution in [0.3, 0.4) is 0 Å². The van der Waals surface area contributed by atoms with E-state index in [2.05, 4.69) is 54.6 Å². The fourth-order valence-corrected chi connectivity index (χ4v) is 4.12. The van der Waals surface area contributed by atoms with Crippen LogP contribution in [0.4, 0.5) is 0 Å². The number of ketones is 1. The molecule has 1 aromatic heterocycles. The van der Waals surface area contributed by atoms with Gasteiger partial charge in [-0.2, -0.15) is 0 Å². The second kappa shape index (κ2) is 10.6. The molecule has 3 rings (SSSR count). The summed E-state index contributed by atoms with van der Waals surface area (Å²) in [5, 5.41) is 9.54. The van der Waals surface area contributed by atoms with Crippen molar-refractivity contribution >= 4 is 17.5 Å². The summed E-state index contributed by atoms with van der Waals surface area (Å²) in [6, 6.07) is 17.6. The summed E-state index contributed by atoms with van der Waals surface area (Å²) in [5.41, 5.74) is 2.00. The topological polar surface area (TPSA) is 57.0 Å². The first kappa shape index (κ1) is 23.1. The molecule has 1 atom stereocenters. The fraction of sp³-hybridized carbons (Fsp3) is 0.400. The number of benzene rings is 2. The lowest BCUT2D eigenvalue weighted by Gasteiger charge is -2.18. The summed E-state index contributed by atoms with van der Waals surface area (Å²) in [5.74, 6) is 2.89. The number of rotatable bonds is 10. The predicted molar refractivity (Wildman–Crippen MR) is 126 cm³/mol. The fourth-order valence-electron chi connectivity index (χ4n) is 3.27. The van der Waals surface area contributed by atoms with Crippen molar-refractivity contribution in [3.63, 3.8) is 0 Å². The Bertz CT molecular complexity index is 982. The van der Waals surface area contributed by atoms with Gasteiger partial charge in [-0.3, -0.25) is 4.79 Å². The third-order valence-corrected chi connectivity index (χ3v) is 5.91. The SMILES string of the molecule is CC(C)Cn1c(SCC(=O)c2ccccc2)nnc1C(C)Oc1ccc(C(C)C)cc1. The lowest BCUT2D eigenvalue weighted by atomic mass is 10.0. The van der Waals surface area contributed by atoms with E-state index in [1.54, 1.807) is 0 Å². The quantitative estimate of drug-likeness (QED) is 0.280. The van der Waals surface area contributed by atoms with Gasteiger partial charge in [-0.1, -0.05) is 81.9 Å². The monoisotopic (exact) mass is 437 g/mol. The highest BCUT2D eigenvalue weighted by Crippen LogP contribution is 2.27. The Morgan fingerprint density at radius 1 is 0.968 bits per heavy atom. The van der Waals surface area contributed by atoms with Gasteiger partial charge in [0.2, 0.25) is 0 Å². The average Bonchev–Trinajstić information content (AvgIpc) is 3.14. The van der Waals surface area contributed by atoms with Crippen LogP contribution in [-0.2, 0) is 6.54 Å². The summed E-state index contributed by atoms with van der Waals surface area (Å²) >= 11 is 1.43. The number of carbonyl (C=O) groups is 1. The summed E-state index contributed by atoms with van der Waals surface area (Å²) in [6.07, 6.45) is -0.254. The minimum Gasteiger partial charge on any atom is -0.483 e. The molecule has 164 valence electrons. The van der Waals surface area contributed by atoms with Gasteiger partial charge in [0.15, 0.2) is 22.9 Å². The van der Waals surface area contributed by atoms with E-state index < -0.39 is 0 Å². The average molecular weight is 438 g/mol. The Hall–Kier alpha value is -2.60. The van der Waals surface area contributed by atoms with Gasteiger partial charge in [0.1, 0.15) is 5.75 Å². The second-order valence-corrected chi connectivity index (χ2v) is 9.35. The third-order valence-electron chi connectivity index (χ3n) is 4.94. The summed E-state index contributed by atoms with van der Waals surface area (Å²) < 4.78 is 8.25. The molecule has 0 saturated heterocycles. The van der Waals surface area contributed by atoms with Crippen molar-refractivity contribution in [3.05, 3.63) is 71.5 Å². The molecule has 0 radical (unpaired) electrons. The standard InChI is InChI=1S/C25H31N3O2S/c1-17(2)15-28-24(19(5)30-22-13-11-20(12-14-22)18(3)4)26-27-25(28)31-16-23(29)21-9-7-6-8-10-21/h6-14,17-19H,15-16H2,1-5H3. The van der Waals surface area contributed by atoms with E-state index in [0.717, 1.165) is 23.3 Å². The van der Waals surface area contributed by atoms with Crippen molar-refractivity contribution in [1.29, 1.82) is 0 Å². The molecular weight excluding hydrogens is 406 g/mol. The number of hydrogen-bond acceptors (Lipinski definition) is 5. The van der Waals surface area contributed by atoms with Crippen LogP contribution in [0.15, 0.2) is 59.8 Å². The molecule has 6 heteroatoms. The lowest BCUT2D eigenvalue weighted by Crippen LogP contribution is -2.15. The van der Waals surface area contributed by atoms with Crippen LogP contribution < -0.4 is 4.74 Å². The van der Waals surface area contributed by atoms with E-state index in [9.17, 15) is 4.79 Å². The normalized spacial score (nSPS) is 12.4. The third kappa shape index (κ3) is 6.20. The van der Waals surface area contributed by atoms with Crippen LogP contribution in [0.5, 0.6) is 5.75 Å². The molecular formula is C25H31N3O2S. The molecule has 0 aliphatic rings. The van der Waals surface area contributed by atoms with Crippen molar-refractivity contribution < 1.29 is 9.53 Å². The van der Waals surface area contributed by atoms with Crippen LogP contribution in [0, 0.1) is 5.92 Å². The molecule has 3 aromatic rings. The maximum absolute atomic E-state index is 12.5. The van der Waals surface area contributed by atoms with E-state index in [-0.39, 0.29) is 11.9 Å². The Morgan fingerprint density at radius 2 is 1.65 bits per heavy atom. The number of Topliss-reactive ketones (excluding diaryl/α,β-unsaturated/α-hetero) is 1. The summed E-state index contributed by atoms with van der Waals surface area (Å²) in [7, 11) is 0. The van der Waals surface area contributed by atoms with Gasteiger partial charge >= 0.3 is 0 Å². The van der Waals surface area contributed by atoms with Crippen LogP contribution in [0.25, 0.3) is 0 Å². The summed E-state index contributed by atoms with van der Waals surface area (Å²) in [6.45, 7) is 11.4. The number of thioether (sulfide) groups is 1. The number of hydrogen-bond donors (Lipinski definition) is 0. The Labute approximate surface area is 189 Å². The summed E-state index contributed by atoms with van der Waals surface area (Å²) in [4.78, 5) is 12.5. The minimum absolute atomic E-state index is 0.0841. The first-order valence-electron chi connectivity index (χ1n) is 10.8. The van der Waals surface area contributed by atoms with E-state index in [1.807, 2.05) is 49.4 Å². The van der Waals surface area contributed by atoms with E-state index in [4.69, 9.17) is 4.74 Å². The van der Waals surface area contributed by atoms with Crippen LogP contribution in [-0.4, -0.2) is 26.3 Å². The van der Waals surface area contributed by atoms with Gasteiger partial charge in [-0.15, -0.1) is 10.2 Å². The highest BCUT2D eigenvalue weighted by Gasteiger charge is 2.21. The highest BCUT2D eigenvalue weighted by molar-refractivity contribution is 7.99. The molecule has 0 amide bonds. The number of aromatic nitrogens is 3. The molecule has 0 saturated carbocycles. The van der Waals surface area contributed by atoms with Crippen LogP contribution in [0.1, 0.15) is 68.4 Å². The van der Waals surface area contributed by atoms with Crippen molar-refractivity contribution in [1.82, 2.24) is 14.8 Å². The first-order valence-corrected chi connectivity index (χ1v) is 11.7. The second-order valence-electron chi connectivity index (χ2n) is 8.41. The Balaban J connectivity index is 1.73. The lowest BCUT2D eigenvalue weighted by molar-refractivity contribution is 0.102. The number of ether oxygens (including phenoxy) is 1. The molecule has 0 aliphatic heterocycles. The first-order chi connectivity index (χ1) is 14.8. The zero-order valence-corrected chi connectivity index (χ0v) is 19.7. The Morgan fingerprint density at radius 3 is 2.26 bits per heavy atom. The van der Waals surface area contributed by atoms with Gasteiger partial charge in [0, 0.05) is 12.1 Å². The molecule has 31 heavy (non-hydrogen) atoms. The molecule has 1 unspecified atom stereocenters. The van der Waals surface area contributed by atoms with Gasteiger partial charge in [-0.25, -0.2) is 0 Å². The van der Waals surface area contributed by atoms with E-state index in [0.29, 0.717) is 23.2 Å². The Kier molecular flexibility index (Phi) is 7.91. The van der Waals surface area contributed by atoms with Crippen molar-refractivity contribution in [2.24, 2.45) is 5.92 Å². The largest absolute Gasteiger partial charge is 0.483 e. The van der Waals surface area contributed by atoms with E-state index in [1.165, 1.54) is 17.3 Å². The van der Waals surface area contributed by atoms with Crippen LogP contribution in [0.2, 0.25) is 0 Å². The molecule has 0 fully saturated rings. The van der Waals surface area contributed by atoms with Crippen molar-refractivity contribution in [3.8, 4) is 5.75 Å². The molecule has 0 bridgehead atoms. The molecule has 5 nitrogen and oxygen atoms in total. The van der Waals surface area contributed by atoms with Gasteiger partial charge in [0.25, 0.3) is 0 Å². The van der Waals surface area contributed by atoms with Crippen molar-refractivity contribution in [2.75, 3.05) is 5.75 Å². The van der Waals surface area contributed by atoms with Crippen molar-refractivity contribution in [2.45, 2.75) is 58.3 Å². The smallest absolute Gasteiger partial charge is 0.191 e. The number of carbonyl (C=O) groups excluding carboxylic acids is 1. The van der Waals surface area contributed by atoms with Gasteiger partial charge < -0.3 is 9.30 Å². The molecule has 2 aromatic carbocycles. The highest BCUT2D eigenvalue weighted by atomic mass is 32.2. The van der Waals surface area contributed by atoms with E-state index >= 15 is 0 Å². The van der Waals surface area contributed by atoms with Gasteiger partial charge in [0.05, 0.1) is 5.75 Å². The zero-order valence-electron chi connectivity index (χ0n) is 18.9. The maximum Gasteiger partial charge on any atom is 0.191 e. The van der Waals surface area contributed by atoms with Gasteiger partial charge in [-0.05, 0) is 36.5 Å². The zero-order chi connectivity index (χ0) is 22.4. The molecule has 0 aliphatic carbocycles. The molecule has 1 heterocycles. The minimum atomic E-state index is -0.254. The molecule has 0 N–H and O–H groups in total. The maximum atomic E-state index is 12.5. The molecule has 0 spiro atoms. The predicted octanol–water partition coefficient (Wildman–Crippen LogP) is 6.17. The van der Waals surface area contributed by atoms with Crippen LogP contribution >= 0.6 is 11.8 Å².